The molecule has 22 heavy (non-hydrogen) atoms. The highest BCUT2D eigenvalue weighted by Gasteiger charge is 2.19. The van der Waals surface area contributed by atoms with Crippen LogP contribution >= 0.6 is 12.2 Å². The van der Waals surface area contributed by atoms with Crippen molar-refractivity contribution in [3.05, 3.63) is 38.9 Å². The Morgan fingerprint density at radius 3 is 2.95 bits per heavy atom. The van der Waals surface area contributed by atoms with E-state index < -0.39 is 5.56 Å². The summed E-state index contributed by atoms with van der Waals surface area (Å²) in [6.45, 7) is 0.143. The Balaban J connectivity index is 2.05. The van der Waals surface area contributed by atoms with Crippen LogP contribution in [0.2, 0.25) is 0 Å². The van der Waals surface area contributed by atoms with E-state index in [0.717, 1.165) is 4.40 Å². The molecule has 0 unspecified atom stereocenters. The monoisotopic (exact) mass is 313 g/mol. The van der Waals surface area contributed by atoms with Gasteiger partial charge in [-0.3, -0.25) is 15.0 Å². The Bertz CT molecular complexity index is 1070. The van der Waals surface area contributed by atoms with Gasteiger partial charge in [-0.05, 0) is 30.4 Å². The maximum atomic E-state index is 12.4. The van der Waals surface area contributed by atoms with E-state index in [-0.39, 0.29) is 28.6 Å². The van der Waals surface area contributed by atoms with Crippen molar-refractivity contribution in [1.82, 2.24) is 19.6 Å². The molecule has 8 nitrogen and oxygen atoms in total. The van der Waals surface area contributed by atoms with E-state index in [1.807, 2.05) is 6.07 Å². The fraction of sp³-hybridized carbons (Fsp3) is 0.0769. The number of hydrogen-bond donors (Lipinski definition) is 2. The number of ether oxygens (including phenoxy) is 2. The summed E-state index contributed by atoms with van der Waals surface area (Å²) in [6.07, 6.45) is 0. The number of aromatic amines is 2. The fourth-order valence-electron chi connectivity index (χ4n) is 2.31. The lowest BCUT2D eigenvalue weighted by Crippen LogP contribution is -2.19. The molecule has 0 aliphatic carbocycles. The van der Waals surface area contributed by atoms with E-state index in [9.17, 15) is 10.1 Å². The Labute approximate surface area is 127 Å². The molecule has 108 valence electrons. The molecule has 2 aromatic heterocycles. The molecule has 3 aromatic rings. The third-order valence-electron chi connectivity index (χ3n) is 3.33. The van der Waals surface area contributed by atoms with Crippen LogP contribution in [-0.4, -0.2) is 26.4 Å². The minimum Gasteiger partial charge on any atom is -0.454 e. The van der Waals surface area contributed by atoms with Gasteiger partial charge in [-0.1, -0.05) is 0 Å². The fourth-order valence-corrected chi connectivity index (χ4v) is 2.53. The Hall–Kier alpha value is -3.12. The van der Waals surface area contributed by atoms with Gasteiger partial charge in [-0.2, -0.15) is 5.26 Å². The topological polar surface area (TPSA) is 108 Å². The maximum Gasteiger partial charge on any atom is 0.280 e. The summed E-state index contributed by atoms with van der Waals surface area (Å²) in [5.41, 5.74) is 0.232. The number of benzene rings is 1. The molecule has 0 atom stereocenters. The van der Waals surface area contributed by atoms with Crippen LogP contribution in [0.25, 0.3) is 17.0 Å². The summed E-state index contributed by atoms with van der Waals surface area (Å²) >= 11 is 5.00. The van der Waals surface area contributed by atoms with E-state index in [1.165, 1.54) is 0 Å². The van der Waals surface area contributed by atoms with Crippen molar-refractivity contribution in [2.24, 2.45) is 0 Å². The Morgan fingerprint density at radius 1 is 1.32 bits per heavy atom. The van der Waals surface area contributed by atoms with Gasteiger partial charge < -0.3 is 9.47 Å². The lowest BCUT2D eigenvalue weighted by atomic mass is 10.1. The molecule has 0 radical (unpaired) electrons. The van der Waals surface area contributed by atoms with Crippen molar-refractivity contribution >= 4 is 18.0 Å². The van der Waals surface area contributed by atoms with Gasteiger partial charge in [0.05, 0.1) is 5.69 Å². The summed E-state index contributed by atoms with van der Waals surface area (Å²) < 4.78 is 11.9. The number of fused-ring (bicyclic) bond motifs is 2. The number of nitriles is 1. The first-order valence-electron chi connectivity index (χ1n) is 6.22. The molecule has 0 saturated heterocycles. The quantitative estimate of drug-likeness (QED) is 0.656. The zero-order valence-electron chi connectivity index (χ0n) is 10.9. The smallest absolute Gasteiger partial charge is 0.280 e. The number of aromatic nitrogens is 4. The van der Waals surface area contributed by atoms with Gasteiger partial charge in [0.15, 0.2) is 11.5 Å². The molecule has 1 aromatic carbocycles. The molecule has 3 heterocycles. The predicted molar refractivity (Wildman–Crippen MR) is 77.3 cm³/mol. The lowest BCUT2D eigenvalue weighted by Gasteiger charge is -2.04. The summed E-state index contributed by atoms with van der Waals surface area (Å²) in [4.78, 5) is 16.7. The third-order valence-corrected chi connectivity index (χ3v) is 3.61. The van der Waals surface area contributed by atoms with Crippen molar-refractivity contribution in [1.29, 1.82) is 5.26 Å². The van der Waals surface area contributed by atoms with Gasteiger partial charge in [-0.25, -0.2) is 9.38 Å². The molecule has 1 aliphatic heterocycles. The zero-order valence-corrected chi connectivity index (χ0v) is 11.7. The Morgan fingerprint density at radius 2 is 2.14 bits per heavy atom. The first-order valence-corrected chi connectivity index (χ1v) is 6.63. The van der Waals surface area contributed by atoms with Crippen molar-refractivity contribution in [3.63, 3.8) is 0 Å². The SMILES string of the molecule is N#Cc1c(-c2ccc3c(c2)OCO3)nc2[nH][nH]c(=S)n2c1=O. The zero-order chi connectivity index (χ0) is 15.3. The first kappa shape index (κ1) is 12.6. The summed E-state index contributed by atoms with van der Waals surface area (Å²) in [5.74, 6) is 1.40. The second-order valence-electron chi connectivity index (χ2n) is 4.53. The molecule has 9 heteroatoms. The number of rotatable bonds is 1. The van der Waals surface area contributed by atoms with Crippen LogP contribution in [0.4, 0.5) is 0 Å². The van der Waals surface area contributed by atoms with Crippen LogP contribution in [0.1, 0.15) is 5.56 Å². The first-order chi connectivity index (χ1) is 10.7. The van der Waals surface area contributed by atoms with E-state index in [1.54, 1.807) is 18.2 Å². The molecular formula is C13H7N5O3S. The van der Waals surface area contributed by atoms with Gasteiger partial charge in [0, 0.05) is 5.56 Å². The van der Waals surface area contributed by atoms with Crippen molar-refractivity contribution in [3.8, 4) is 28.8 Å². The summed E-state index contributed by atoms with van der Waals surface area (Å²) in [6, 6.07) is 7.01. The minimum absolute atomic E-state index is 0.0875. The van der Waals surface area contributed by atoms with Crippen molar-refractivity contribution in [2.45, 2.75) is 0 Å². The molecular weight excluding hydrogens is 306 g/mol. The summed E-state index contributed by atoms with van der Waals surface area (Å²) in [5, 5.41) is 14.7. The van der Waals surface area contributed by atoms with Gasteiger partial charge in [0.25, 0.3) is 5.56 Å². The molecule has 0 saturated carbocycles. The Kier molecular flexibility index (Phi) is 2.54. The molecule has 4 rings (SSSR count). The average Bonchev–Trinajstić information content (AvgIpc) is 3.13. The van der Waals surface area contributed by atoms with E-state index in [2.05, 4.69) is 15.2 Å². The minimum atomic E-state index is -0.525. The number of nitrogens with zero attached hydrogens (tertiary/aromatic N) is 3. The molecule has 0 bridgehead atoms. The molecule has 0 spiro atoms. The number of H-pyrrole nitrogens is 2. The van der Waals surface area contributed by atoms with Crippen LogP contribution in [0.15, 0.2) is 23.0 Å². The van der Waals surface area contributed by atoms with Crippen LogP contribution < -0.4 is 15.0 Å². The average molecular weight is 313 g/mol. The second kappa shape index (κ2) is 4.44. The molecule has 0 amide bonds. The predicted octanol–water partition coefficient (Wildman–Crippen LogP) is 1.35. The van der Waals surface area contributed by atoms with Crippen LogP contribution in [0, 0.1) is 16.1 Å². The third kappa shape index (κ3) is 1.64. The summed E-state index contributed by atoms with van der Waals surface area (Å²) in [7, 11) is 0. The van der Waals surface area contributed by atoms with Gasteiger partial charge in [0.1, 0.15) is 11.6 Å². The van der Waals surface area contributed by atoms with Crippen molar-refractivity contribution in [2.75, 3.05) is 6.79 Å². The van der Waals surface area contributed by atoms with E-state index in [0.29, 0.717) is 17.1 Å². The van der Waals surface area contributed by atoms with Crippen LogP contribution in [-0.2, 0) is 0 Å². The van der Waals surface area contributed by atoms with Crippen molar-refractivity contribution < 1.29 is 9.47 Å². The van der Waals surface area contributed by atoms with E-state index in [4.69, 9.17) is 21.7 Å². The van der Waals surface area contributed by atoms with E-state index >= 15 is 0 Å². The van der Waals surface area contributed by atoms with Crippen LogP contribution in [0.3, 0.4) is 0 Å². The largest absolute Gasteiger partial charge is 0.454 e. The lowest BCUT2D eigenvalue weighted by molar-refractivity contribution is 0.174. The normalized spacial score (nSPS) is 12.5. The molecule has 0 fully saturated rings. The highest BCUT2D eigenvalue weighted by atomic mass is 32.1. The number of nitrogens with one attached hydrogen (secondary N) is 2. The number of hydrogen-bond acceptors (Lipinski definition) is 6. The molecule has 2 N–H and O–H groups in total. The van der Waals surface area contributed by atoms with Gasteiger partial charge >= 0.3 is 0 Å². The highest BCUT2D eigenvalue weighted by molar-refractivity contribution is 7.71. The van der Waals surface area contributed by atoms with Gasteiger partial charge in [0.2, 0.25) is 17.3 Å². The van der Waals surface area contributed by atoms with Crippen LogP contribution in [0.5, 0.6) is 11.5 Å². The maximum absolute atomic E-state index is 12.4. The standard InChI is InChI=1S/C13H7N5O3S/c14-4-7-10(6-1-2-8-9(3-6)21-5-20-8)15-12-16-17-13(22)18(12)11(7)19/h1-3H,5H2,(H,15,16)(H,17,22). The highest BCUT2D eigenvalue weighted by Crippen LogP contribution is 2.35. The molecule has 1 aliphatic rings. The van der Waals surface area contributed by atoms with Gasteiger partial charge in [-0.15, -0.1) is 0 Å². The second-order valence-corrected chi connectivity index (χ2v) is 4.92.